The van der Waals surface area contributed by atoms with Gasteiger partial charge in [0.2, 0.25) is 0 Å². The van der Waals surface area contributed by atoms with E-state index in [0.29, 0.717) is 0 Å². The largest absolute Gasteiger partial charge is 0.152 e. The van der Waals surface area contributed by atoms with Crippen LogP contribution in [0.2, 0.25) is 0 Å². The molecule has 0 saturated carbocycles. The quantitative estimate of drug-likeness (QED) is 0.613. The summed E-state index contributed by atoms with van der Waals surface area (Å²) in [6, 6.07) is 21.5. The van der Waals surface area contributed by atoms with Crippen LogP contribution in [0.25, 0.3) is 11.1 Å². The summed E-state index contributed by atoms with van der Waals surface area (Å²) in [7, 11) is 0. The molecule has 0 aliphatic carbocycles. The zero-order valence-electron chi connectivity index (χ0n) is 10.0. The van der Waals surface area contributed by atoms with E-state index in [1.807, 2.05) is 0 Å². The Morgan fingerprint density at radius 3 is 2.33 bits per heavy atom. The van der Waals surface area contributed by atoms with Crippen molar-refractivity contribution < 1.29 is 0 Å². The van der Waals surface area contributed by atoms with E-state index in [1.165, 1.54) is 22.3 Å². The molecule has 88 valence electrons. The molecule has 0 amide bonds. The second-order valence-electron chi connectivity index (χ2n) is 4.33. The van der Waals surface area contributed by atoms with Crippen LogP contribution in [0, 0.1) is 0 Å². The summed E-state index contributed by atoms with van der Waals surface area (Å²) >= 11 is 1.75. The molecule has 0 saturated heterocycles. The molecule has 0 unspecified atom stereocenters. The highest BCUT2D eigenvalue weighted by Gasteiger charge is 2.05. The molecule has 2 aromatic carbocycles. The van der Waals surface area contributed by atoms with Crippen molar-refractivity contribution in [3.63, 3.8) is 0 Å². The van der Waals surface area contributed by atoms with Crippen molar-refractivity contribution in [3.05, 3.63) is 82.6 Å². The number of rotatable bonds is 3. The van der Waals surface area contributed by atoms with Crippen LogP contribution in [0.5, 0.6) is 0 Å². The van der Waals surface area contributed by atoms with E-state index in [-0.39, 0.29) is 0 Å². The molecule has 0 atom stereocenters. The molecule has 1 aromatic heterocycles. The molecule has 3 aromatic rings. The zero-order valence-corrected chi connectivity index (χ0v) is 10.9. The molecule has 18 heavy (non-hydrogen) atoms. The van der Waals surface area contributed by atoms with Gasteiger partial charge < -0.3 is 0 Å². The van der Waals surface area contributed by atoms with Gasteiger partial charge in [-0.05, 0) is 45.5 Å². The van der Waals surface area contributed by atoms with Gasteiger partial charge in [-0.2, -0.15) is 11.3 Å². The molecular formula is C17H14S. The first-order valence-electron chi connectivity index (χ1n) is 6.08. The summed E-state index contributed by atoms with van der Waals surface area (Å²) in [4.78, 5) is 0. The Bertz CT molecular complexity index is 609. The fraction of sp³-hybridized carbons (Fsp3) is 0.0588. The van der Waals surface area contributed by atoms with Crippen LogP contribution in [0.3, 0.4) is 0 Å². The summed E-state index contributed by atoms with van der Waals surface area (Å²) in [6.45, 7) is 0. The Morgan fingerprint density at radius 2 is 1.56 bits per heavy atom. The van der Waals surface area contributed by atoms with E-state index in [0.717, 1.165) is 6.42 Å². The third-order valence-corrected chi connectivity index (χ3v) is 3.77. The Labute approximate surface area is 112 Å². The van der Waals surface area contributed by atoms with Crippen molar-refractivity contribution in [3.8, 4) is 11.1 Å². The van der Waals surface area contributed by atoms with E-state index in [1.54, 1.807) is 11.3 Å². The first-order valence-corrected chi connectivity index (χ1v) is 7.02. The summed E-state index contributed by atoms with van der Waals surface area (Å²) in [6.07, 6.45) is 0.993. The summed E-state index contributed by atoms with van der Waals surface area (Å²) in [5.41, 5.74) is 5.43. The molecule has 3 rings (SSSR count). The van der Waals surface area contributed by atoms with Crippen molar-refractivity contribution >= 4 is 11.3 Å². The maximum absolute atomic E-state index is 2.22. The monoisotopic (exact) mass is 250 g/mol. The maximum Gasteiger partial charge on any atom is -0.00146 e. The van der Waals surface area contributed by atoms with Crippen molar-refractivity contribution in [2.24, 2.45) is 0 Å². The third-order valence-electron chi connectivity index (χ3n) is 3.09. The van der Waals surface area contributed by atoms with Gasteiger partial charge in [-0.25, -0.2) is 0 Å². The Kier molecular flexibility index (Phi) is 3.24. The van der Waals surface area contributed by atoms with Crippen molar-refractivity contribution in [2.45, 2.75) is 6.42 Å². The fourth-order valence-corrected chi connectivity index (χ4v) is 2.85. The summed E-state index contributed by atoms with van der Waals surface area (Å²) in [5, 5.41) is 4.35. The SMILES string of the molecule is c1ccc(Cc2ccccc2-c2ccsc2)cc1. The van der Waals surface area contributed by atoms with Crippen molar-refractivity contribution in [2.75, 3.05) is 0 Å². The maximum atomic E-state index is 2.22. The van der Waals surface area contributed by atoms with Gasteiger partial charge in [0, 0.05) is 0 Å². The molecule has 0 aliphatic heterocycles. The smallest absolute Gasteiger partial charge is 0.00146 e. The van der Waals surface area contributed by atoms with Crippen LogP contribution in [-0.4, -0.2) is 0 Å². The van der Waals surface area contributed by atoms with Gasteiger partial charge in [0.1, 0.15) is 0 Å². The highest BCUT2D eigenvalue weighted by atomic mass is 32.1. The van der Waals surface area contributed by atoms with Gasteiger partial charge in [-0.3, -0.25) is 0 Å². The Hall–Kier alpha value is -1.86. The van der Waals surface area contributed by atoms with Crippen LogP contribution < -0.4 is 0 Å². The predicted molar refractivity (Wildman–Crippen MR) is 79.0 cm³/mol. The first kappa shape index (κ1) is 11.2. The van der Waals surface area contributed by atoms with Crippen LogP contribution in [-0.2, 0) is 6.42 Å². The summed E-state index contributed by atoms with van der Waals surface area (Å²) in [5.74, 6) is 0. The fourth-order valence-electron chi connectivity index (χ4n) is 2.19. The second kappa shape index (κ2) is 5.19. The van der Waals surface area contributed by atoms with E-state index in [4.69, 9.17) is 0 Å². The molecule has 0 fully saturated rings. The van der Waals surface area contributed by atoms with E-state index >= 15 is 0 Å². The predicted octanol–water partition coefficient (Wildman–Crippen LogP) is 5.01. The zero-order chi connectivity index (χ0) is 12.2. The second-order valence-corrected chi connectivity index (χ2v) is 5.11. The van der Waals surface area contributed by atoms with Crippen LogP contribution in [0.4, 0.5) is 0 Å². The topological polar surface area (TPSA) is 0 Å². The number of hydrogen-bond acceptors (Lipinski definition) is 1. The van der Waals surface area contributed by atoms with E-state index in [2.05, 4.69) is 71.4 Å². The molecule has 1 heteroatoms. The minimum Gasteiger partial charge on any atom is -0.152 e. The Morgan fingerprint density at radius 1 is 0.778 bits per heavy atom. The van der Waals surface area contributed by atoms with Gasteiger partial charge in [0.25, 0.3) is 0 Å². The highest BCUT2D eigenvalue weighted by molar-refractivity contribution is 7.08. The minimum atomic E-state index is 0.993. The number of benzene rings is 2. The van der Waals surface area contributed by atoms with Crippen molar-refractivity contribution in [1.29, 1.82) is 0 Å². The molecule has 0 spiro atoms. The van der Waals surface area contributed by atoms with Crippen LogP contribution in [0.15, 0.2) is 71.4 Å². The molecular weight excluding hydrogens is 236 g/mol. The van der Waals surface area contributed by atoms with Gasteiger partial charge in [0.15, 0.2) is 0 Å². The highest BCUT2D eigenvalue weighted by Crippen LogP contribution is 2.27. The van der Waals surface area contributed by atoms with Gasteiger partial charge in [-0.1, -0.05) is 54.6 Å². The Balaban J connectivity index is 1.98. The molecule has 0 bridgehead atoms. The first-order chi connectivity index (χ1) is 8.93. The molecule has 1 heterocycles. The van der Waals surface area contributed by atoms with Crippen molar-refractivity contribution in [1.82, 2.24) is 0 Å². The molecule has 0 radical (unpaired) electrons. The molecule has 0 aliphatic rings. The van der Waals surface area contributed by atoms with Gasteiger partial charge in [0.05, 0.1) is 0 Å². The normalized spacial score (nSPS) is 10.4. The lowest BCUT2D eigenvalue weighted by Crippen LogP contribution is -1.90. The average molecular weight is 250 g/mol. The summed E-state index contributed by atoms with van der Waals surface area (Å²) < 4.78 is 0. The third kappa shape index (κ3) is 2.36. The number of thiophene rings is 1. The lowest BCUT2D eigenvalue weighted by molar-refractivity contribution is 1.20. The molecule has 0 nitrogen and oxygen atoms in total. The van der Waals surface area contributed by atoms with E-state index < -0.39 is 0 Å². The van der Waals surface area contributed by atoms with Gasteiger partial charge >= 0.3 is 0 Å². The lowest BCUT2D eigenvalue weighted by atomic mass is 9.96. The standard InChI is InChI=1S/C17H14S/c1-2-6-14(7-3-1)12-15-8-4-5-9-17(15)16-10-11-18-13-16/h1-11,13H,12H2. The lowest BCUT2D eigenvalue weighted by Gasteiger charge is -2.08. The van der Waals surface area contributed by atoms with Gasteiger partial charge in [-0.15, -0.1) is 0 Å². The van der Waals surface area contributed by atoms with E-state index in [9.17, 15) is 0 Å². The van der Waals surface area contributed by atoms with Crippen LogP contribution >= 0.6 is 11.3 Å². The van der Waals surface area contributed by atoms with Crippen LogP contribution in [0.1, 0.15) is 11.1 Å². The molecule has 0 N–H and O–H groups in total. The average Bonchev–Trinajstić information content (AvgIpc) is 2.94. The number of hydrogen-bond donors (Lipinski definition) is 0. The minimum absolute atomic E-state index is 0.993.